The van der Waals surface area contributed by atoms with Crippen LogP contribution in [0, 0.1) is 5.41 Å². The van der Waals surface area contributed by atoms with Gasteiger partial charge in [0.1, 0.15) is 0 Å². The minimum atomic E-state index is -0.500. The maximum Gasteiger partial charge on any atom is 0.206 e. The maximum absolute atomic E-state index is 11.2. The van der Waals surface area contributed by atoms with Crippen molar-refractivity contribution in [1.29, 1.82) is 0 Å². The fourth-order valence-corrected chi connectivity index (χ4v) is 4.95. The summed E-state index contributed by atoms with van der Waals surface area (Å²) >= 11 is 0. The van der Waals surface area contributed by atoms with Crippen molar-refractivity contribution >= 4 is 0 Å². The van der Waals surface area contributed by atoms with Crippen molar-refractivity contribution in [2.45, 2.75) is 85.3 Å². The van der Waals surface area contributed by atoms with Gasteiger partial charge in [-0.2, -0.15) is 0 Å². The summed E-state index contributed by atoms with van der Waals surface area (Å²) in [5, 5.41) is 14.9. The number of rotatable bonds is 9. The predicted octanol–water partition coefficient (Wildman–Crippen LogP) is 4.42. The summed E-state index contributed by atoms with van der Waals surface area (Å²) in [7, 11) is 0. The molecule has 1 aromatic carbocycles. The number of phenols is 1. The van der Waals surface area contributed by atoms with Crippen LogP contribution >= 0.6 is 0 Å². The molecule has 4 unspecified atom stereocenters. The van der Waals surface area contributed by atoms with E-state index in [0.29, 0.717) is 24.7 Å². The van der Waals surface area contributed by atoms with Crippen LogP contribution in [0.4, 0.5) is 0 Å². The van der Waals surface area contributed by atoms with Gasteiger partial charge in [0.2, 0.25) is 5.75 Å². The number of phenolic OH excluding ortho intramolecular Hbond substituents is 1. The van der Waals surface area contributed by atoms with E-state index in [4.69, 9.17) is 18.9 Å². The van der Waals surface area contributed by atoms with Crippen molar-refractivity contribution in [3.8, 4) is 17.2 Å². The van der Waals surface area contributed by atoms with Crippen LogP contribution < -0.4 is 14.8 Å². The topological polar surface area (TPSA) is 69.2 Å². The van der Waals surface area contributed by atoms with E-state index in [-0.39, 0.29) is 22.1 Å². The molecule has 0 bridgehead atoms. The van der Waals surface area contributed by atoms with Crippen LogP contribution in [0.1, 0.15) is 72.9 Å². The van der Waals surface area contributed by atoms with Gasteiger partial charge < -0.3 is 29.4 Å². The molecule has 29 heavy (non-hydrogen) atoms. The van der Waals surface area contributed by atoms with Crippen molar-refractivity contribution < 1.29 is 24.1 Å². The highest BCUT2D eigenvalue weighted by Crippen LogP contribution is 2.68. The lowest BCUT2D eigenvalue weighted by atomic mass is 9.43. The van der Waals surface area contributed by atoms with Gasteiger partial charge in [0.25, 0.3) is 0 Å². The minimum absolute atomic E-state index is 0.128. The molecule has 0 amide bonds. The van der Waals surface area contributed by atoms with E-state index in [0.717, 1.165) is 24.1 Å². The Kier molecular flexibility index (Phi) is 5.84. The molecule has 1 aliphatic heterocycles. The van der Waals surface area contributed by atoms with E-state index in [9.17, 15) is 5.11 Å². The molecule has 1 fully saturated rings. The van der Waals surface area contributed by atoms with Crippen LogP contribution in [0.15, 0.2) is 6.07 Å². The average Bonchev–Trinajstić information content (AvgIpc) is 2.60. The Hall–Kier alpha value is -1.50. The van der Waals surface area contributed by atoms with Gasteiger partial charge >= 0.3 is 0 Å². The quantitative estimate of drug-likeness (QED) is 0.591. The van der Waals surface area contributed by atoms with Gasteiger partial charge in [-0.05, 0) is 51.2 Å². The lowest BCUT2D eigenvalue weighted by molar-refractivity contribution is -0.0790. The standard InChI is InChI=1S/C23H37NO5/c1-9-26-14(3)28-17-11-16-18(19(25)20(17)29-15(4)27-10-2)22(8)13-24-23(16,22)12-21(5,6)7/h11,14-15,24-25H,9-10,12-13H2,1-8H3. The first-order valence-corrected chi connectivity index (χ1v) is 10.7. The lowest BCUT2D eigenvalue weighted by Gasteiger charge is -2.69. The van der Waals surface area contributed by atoms with Crippen LogP contribution in [0.5, 0.6) is 17.2 Å². The van der Waals surface area contributed by atoms with E-state index in [1.54, 1.807) is 0 Å². The zero-order valence-corrected chi connectivity index (χ0v) is 19.1. The first kappa shape index (κ1) is 22.2. The Labute approximate surface area is 174 Å². The summed E-state index contributed by atoms with van der Waals surface area (Å²) in [5.74, 6) is 0.966. The largest absolute Gasteiger partial charge is 0.504 e. The second-order valence-electron chi connectivity index (χ2n) is 9.59. The van der Waals surface area contributed by atoms with E-state index in [1.165, 1.54) is 0 Å². The normalized spacial score (nSPS) is 27.2. The maximum atomic E-state index is 11.2. The van der Waals surface area contributed by atoms with E-state index in [2.05, 4.69) is 33.0 Å². The van der Waals surface area contributed by atoms with E-state index < -0.39 is 12.6 Å². The van der Waals surface area contributed by atoms with Gasteiger partial charge in [0.15, 0.2) is 24.1 Å². The molecule has 2 N–H and O–H groups in total. The first-order chi connectivity index (χ1) is 13.5. The summed E-state index contributed by atoms with van der Waals surface area (Å²) in [6.07, 6.45) is 0.0147. The molecule has 1 heterocycles. The number of benzene rings is 1. The molecular formula is C23H37NO5. The number of nitrogens with one attached hydrogen (secondary N) is 1. The van der Waals surface area contributed by atoms with Crippen LogP contribution in [0.2, 0.25) is 0 Å². The highest BCUT2D eigenvalue weighted by atomic mass is 16.7. The summed E-state index contributed by atoms with van der Waals surface area (Å²) in [4.78, 5) is 0. The summed E-state index contributed by atoms with van der Waals surface area (Å²) in [5.41, 5.74) is 1.90. The van der Waals surface area contributed by atoms with Gasteiger partial charge in [0.05, 0.1) is 5.54 Å². The summed E-state index contributed by atoms with van der Waals surface area (Å²) in [6, 6.07) is 2.01. The number of fused-ring (bicyclic) bond motifs is 4. The number of hydrogen-bond donors (Lipinski definition) is 2. The Balaban J connectivity index is 2.06. The van der Waals surface area contributed by atoms with Gasteiger partial charge in [-0.25, -0.2) is 0 Å². The predicted molar refractivity (Wildman–Crippen MR) is 113 cm³/mol. The molecule has 164 valence electrons. The van der Waals surface area contributed by atoms with Gasteiger partial charge in [0, 0.05) is 30.7 Å². The molecule has 1 aliphatic carbocycles. The molecule has 6 nitrogen and oxygen atoms in total. The van der Waals surface area contributed by atoms with Crippen molar-refractivity contribution in [1.82, 2.24) is 5.32 Å². The second kappa shape index (κ2) is 7.64. The molecule has 2 aliphatic rings. The van der Waals surface area contributed by atoms with Gasteiger partial charge in [-0.3, -0.25) is 0 Å². The van der Waals surface area contributed by atoms with Crippen LogP contribution in [0.3, 0.4) is 0 Å². The summed E-state index contributed by atoms with van der Waals surface area (Å²) < 4.78 is 23.1. The van der Waals surface area contributed by atoms with Crippen LogP contribution in [-0.2, 0) is 20.4 Å². The van der Waals surface area contributed by atoms with Crippen molar-refractivity contribution in [2.75, 3.05) is 19.8 Å². The number of aromatic hydroxyl groups is 1. The monoisotopic (exact) mass is 407 g/mol. The Morgan fingerprint density at radius 1 is 1.10 bits per heavy atom. The second-order valence-corrected chi connectivity index (χ2v) is 9.59. The fourth-order valence-electron chi connectivity index (χ4n) is 4.95. The Morgan fingerprint density at radius 3 is 2.17 bits per heavy atom. The lowest BCUT2D eigenvalue weighted by Crippen LogP contribution is -2.78. The average molecular weight is 408 g/mol. The molecule has 0 radical (unpaired) electrons. The molecule has 1 aromatic rings. The highest BCUT2D eigenvalue weighted by Gasteiger charge is 2.69. The molecule has 6 heteroatoms. The zero-order chi connectivity index (χ0) is 21.6. The van der Waals surface area contributed by atoms with Crippen molar-refractivity contribution in [3.63, 3.8) is 0 Å². The molecule has 0 spiro atoms. The van der Waals surface area contributed by atoms with Crippen molar-refractivity contribution in [2.24, 2.45) is 5.41 Å². The molecule has 0 saturated carbocycles. The third kappa shape index (κ3) is 3.60. The molecule has 3 rings (SSSR count). The molecular weight excluding hydrogens is 370 g/mol. The van der Waals surface area contributed by atoms with Crippen LogP contribution in [-0.4, -0.2) is 37.4 Å². The summed E-state index contributed by atoms with van der Waals surface area (Å²) in [6.45, 7) is 18.3. The van der Waals surface area contributed by atoms with Gasteiger partial charge in [-0.1, -0.05) is 27.7 Å². The van der Waals surface area contributed by atoms with Crippen LogP contribution in [0.25, 0.3) is 0 Å². The molecule has 4 atom stereocenters. The Morgan fingerprint density at radius 2 is 1.69 bits per heavy atom. The highest BCUT2D eigenvalue weighted by molar-refractivity contribution is 5.71. The third-order valence-electron chi connectivity index (χ3n) is 6.09. The number of hydrogen-bond acceptors (Lipinski definition) is 6. The zero-order valence-electron chi connectivity index (χ0n) is 19.1. The Bertz CT molecular complexity index is 759. The van der Waals surface area contributed by atoms with E-state index in [1.807, 2.05) is 33.8 Å². The first-order valence-electron chi connectivity index (χ1n) is 10.7. The fraction of sp³-hybridized carbons (Fsp3) is 0.739. The number of ether oxygens (including phenoxy) is 4. The SMILES string of the molecule is CCOC(C)Oc1cc2c(c(O)c1OC(C)OCC)C1(C)CNC21CC(C)(C)C. The van der Waals surface area contributed by atoms with E-state index >= 15 is 0 Å². The third-order valence-corrected chi connectivity index (χ3v) is 6.09. The van der Waals surface area contributed by atoms with Gasteiger partial charge in [-0.15, -0.1) is 0 Å². The minimum Gasteiger partial charge on any atom is -0.504 e. The molecule has 1 saturated heterocycles. The smallest absolute Gasteiger partial charge is 0.206 e. The van der Waals surface area contributed by atoms with Crippen molar-refractivity contribution in [3.05, 3.63) is 17.2 Å². The molecule has 0 aromatic heterocycles.